The van der Waals surface area contributed by atoms with Crippen LogP contribution in [0.2, 0.25) is 0 Å². The molecule has 172 valence electrons. The van der Waals surface area contributed by atoms with Gasteiger partial charge in [-0.3, -0.25) is 14.4 Å². The minimum atomic E-state index is -0.438. The number of alkyl halides is 1. The maximum Gasteiger partial charge on any atom is 0.310 e. The number of hydrogen-bond donors (Lipinski definition) is 2. The number of methoxy groups -OCH3 is 2. The number of carbonyl (C=O) groups is 3. The normalized spacial score (nSPS) is 28.9. The highest BCUT2D eigenvalue weighted by molar-refractivity contribution is 9.09. The predicted molar refractivity (Wildman–Crippen MR) is 124 cm³/mol. The van der Waals surface area contributed by atoms with Gasteiger partial charge in [0.1, 0.15) is 17.6 Å². The van der Waals surface area contributed by atoms with E-state index < -0.39 is 5.92 Å². The summed E-state index contributed by atoms with van der Waals surface area (Å²) in [6.45, 7) is 0. The molecule has 33 heavy (non-hydrogen) atoms. The van der Waals surface area contributed by atoms with Crippen LogP contribution in [0.4, 0.5) is 11.4 Å². The number of halogens is 1. The average molecular weight is 515 g/mol. The molecule has 2 aromatic carbocycles. The highest BCUT2D eigenvalue weighted by Gasteiger charge is 2.67. The van der Waals surface area contributed by atoms with Gasteiger partial charge in [0, 0.05) is 23.2 Å². The molecule has 5 rings (SSSR count). The largest absolute Gasteiger partial charge is 0.497 e. The quantitative estimate of drug-likeness (QED) is 0.451. The second-order valence-electron chi connectivity index (χ2n) is 8.55. The van der Waals surface area contributed by atoms with Crippen molar-refractivity contribution in [2.45, 2.75) is 17.4 Å². The second kappa shape index (κ2) is 8.37. The number of nitrogens with one attached hydrogen (secondary N) is 2. The van der Waals surface area contributed by atoms with Crippen LogP contribution >= 0.6 is 15.9 Å². The summed E-state index contributed by atoms with van der Waals surface area (Å²) in [6.07, 6.45) is 0.680. The fourth-order valence-electron chi connectivity index (χ4n) is 5.39. The monoisotopic (exact) mass is 514 g/mol. The van der Waals surface area contributed by atoms with E-state index in [2.05, 4.69) is 26.6 Å². The van der Waals surface area contributed by atoms with E-state index in [9.17, 15) is 14.4 Å². The number of anilines is 2. The number of amides is 2. The van der Waals surface area contributed by atoms with Crippen LogP contribution in [-0.4, -0.2) is 42.9 Å². The van der Waals surface area contributed by atoms with Crippen molar-refractivity contribution >= 4 is 45.1 Å². The molecule has 1 aliphatic heterocycles. The topological polar surface area (TPSA) is 103 Å². The Balaban J connectivity index is 1.30. The van der Waals surface area contributed by atoms with Crippen LogP contribution in [-0.2, 0) is 14.3 Å². The Morgan fingerprint density at radius 1 is 1.06 bits per heavy atom. The third-order valence-electron chi connectivity index (χ3n) is 6.87. The molecule has 2 aliphatic carbocycles. The van der Waals surface area contributed by atoms with Gasteiger partial charge in [-0.2, -0.15) is 0 Å². The molecule has 1 heterocycles. The summed E-state index contributed by atoms with van der Waals surface area (Å²) in [5.41, 5.74) is 1.36. The smallest absolute Gasteiger partial charge is 0.310 e. The average Bonchev–Trinajstić information content (AvgIpc) is 3.43. The molecule has 8 nitrogen and oxygen atoms in total. The third kappa shape index (κ3) is 3.64. The van der Waals surface area contributed by atoms with Gasteiger partial charge in [-0.1, -0.05) is 22.0 Å². The summed E-state index contributed by atoms with van der Waals surface area (Å²) in [5.74, 6) is -0.441. The SMILES string of the molecule is COc1ccc(NC(=O)c2cccc(NC(=O)[C@@H]3[C@H]4C[C@H]5[C@H](OC(=O)[C@@H]53)[C@@H]4Br)c2)c(OC)c1. The van der Waals surface area contributed by atoms with Crippen LogP contribution in [0.5, 0.6) is 11.5 Å². The molecule has 2 amide bonds. The number of fused-ring (bicyclic) bond motifs is 1. The van der Waals surface area contributed by atoms with Gasteiger partial charge in [0.25, 0.3) is 5.91 Å². The molecule has 2 N–H and O–H groups in total. The van der Waals surface area contributed by atoms with Crippen LogP contribution in [0.15, 0.2) is 42.5 Å². The first-order chi connectivity index (χ1) is 15.9. The van der Waals surface area contributed by atoms with Crippen molar-refractivity contribution in [2.75, 3.05) is 24.9 Å². The maximum atomic E-state index is 13.1. The van der Waals surface area contributed by atoms with E-state index in [-0.39, 0.29) is 46.5 Å². The lowest BCUT2D eigenvalue weighted by molar-refractivity contribution is -0.145. The van der Waals surface area contributed by atoms with Crippen molar-refractivity contribution in [3.05, 3.63) is 48.0 Å². The predicted octanol–water partition coefficient (Wildman–Crippen LogP) is 3.47. The Hall–Kier alpha value is -3.07. The van der Waals surface area contributed by atoms with Gasteiger partial charge in [-0.15, -0.1) is 0 Å². The van der Waals surface area contributed by atoms with Gasteiger partial charge in [-0.25, -0.2) is 0 Å². The van der Waals surface area contributed by atoms with E-state index in [1.54, 1.807) is 49.6 Å². The van der Waals surface area contributed by atoms with Crippen molar-refractivity contribution in [1.82, 2.24) is 0 Å². The fraction of sp³-hybridized carbons (Fsp3) is 0.375. The van der Waals surface area contributed by atoms with Gasteiger partial charge in [0.2, 0.25) is 5.91 Å². The Morgan fingerprint density at radius 3 is 2.64 bits per heavy atom. The van der Waals surface area contributed by atoms with Crippen molar-refractivity contribution in [1.29, 1.82) is 0 Å². The van der Waals surface area contributed by atoms with Crippen LogP contribution in [0.3, 0.4) is 0 Å². The number of ether oxygens (including phenoxy) is 3. The summed E-state index contributed by atoms with van der Waals surface area (Å²) < 4.78 is 16.0. The lowest BCUT2D eigenvalue weighted by Gasteiger charge is -2.27. The van der Waals surface area contributed by atoms with Crippen LogP contribution in [0.1, 0.15) is 16.8 Å². The van der Waals surface area contributed by atoms with Crippen molar-refractivity contribution in [3.63, 3.8) is 0 Å². The highest BCUT2D eigenvalue weighted by atomic mass is 79.9. The Kier molecular flexibility index (Phi) is 5.52. The molecule has 0 spiro atoms. The van der Waals surface area contributed by atoms with Gasteiger partial charge < -0.3 is 24.8 Å². The Labute approximate surface area is 199 Å². The number of benzene rings is 2. The van der Waals surface area contributed by atoms with Gasteiger partial charge in [0.15, 0.2) is 0 Å². The summed E-state index contributed by atoms with van der Waals surface area (Å²) in [7, 11) is 3.06. The summed E-state index contributed by atoms with van der Waals surface area (Å²) in [5, 5.41) is 5.72. The molecule has 0 unspecified atom stereocenters. The van der Waals surface area contributed by atoms with E-state index in [1.165, 1.54) is 7.11 Å². The van der Waals surface area contributed by atoms with Gasteiger partial charge >= 0.3 is 5.97 Å². The summed E-state index contributed by atoms with van der Waals surface area (Å²) in [4.78, 5) is 38.3. The first-order valence-corrected chi connectivity index (χ1v) is 11.6. The standard InChI is InChI=1S/C24H23BrN2O6/c1-31-13-6-7-16(17(9-13)32-2)27-22(28)11-4-3-5-12(8-11)26-23(29)18-14-10-15-19(18)24(30)33-21(15)20(14)25/h3-9,14-15,18-21H,10H2,1-2H3,(H,26,29)(H,27,28)/t14-,15-,18-,19+,20-,21+/m1/s1. The Morgan fingerprint density at radius 2 is 1.88 bits per heavy atom. The van der Waals surface area contributed by atoms with E-state index in [1.807, 2.05) is 0 Å². The van der Waals surface area contributed by atoms with Crippen LogP contribution < -0.4 is 20.1 Å². The molecule has 1 saturated heterocycles. The van der Waals surface area contributed by atoms with E-state index in [4.69, 9.17) is 14.2 Å². The zero-order valence-corrected chi connectivity index (χ0v) is 19.6. The zero-order chi connectivity index (χ0) is 23.3. The van der Waals surface area contributed by atoms with Crippen LogP contribution in [0.25, 0.3) is 0 Å². The third-order valence-corrected chi connectivity index (χ3v) is 8.08. The van der Waals surface area contributed by atoms with Crippen molar-refractivity contribution in [3.8, 4) is 11.5 Å². The minimum absolute atomic E-state index is 0.00228. The van der Waals surface area contributed by atoms with Crippen LogP contribution in [0, 0.1) is 23.7 Å². The number of hydrogen-bond acceptors (Lipinski definition) is 6. The first kappa shape index (κ1) is 21.8. The first-order valence-electron chi connectivity index (χ1n) is 10.7. The van der Waals surface area contributed by atoms with Crippen molar-refractivity contribution in [2.24, 2.45) is 23.7 Å². The number of esters is 1. The minimum Gasteiger partial charge on any atom is -0.497 e. The molecule has 0 radical (unpaired) electrons. The van der Waals surface area contributed by atoms with Gasteiger partial charge in [0.05, 0.1) is 36.6 Å². The number of carbonyl (C=O) groups excluding carboxylic acids is 3. The lowest BCUT2D eigenvalue weighted by Crippen LogP contribution is -2.40. The molecule has 2 bridgehead atoms. The second-order valence-corrected chi connectivity index (χ2v) is 9.61. The number of rotatable bonds is 6. The molecule has 9 heteroatoms. The molecule has 6 atom stereocenters. The molecular weight excluding hydrogens is 492 g/mol. The zero-order valence-electron chi connectivity index (χ0n) is 18.0. The molecule has 3 aliphatic rings. The van der Waals surface area contributed by atoms with Crippen molar-refractivity contribution < 1.29 is 28.6 Å². The highest BCUT2D eigenvalue weighted by Crippen LogP contribution is 2.60. The molecule has 2 aromatic rings. The molecule has 2 saturated carbocycles. The maximum absolute atomic E-state index is 13.1. The van der Waals surface area contributed by atoms with Gasteiger partial charge in [-0.05, 0) is 42.7 Å². The molecular formula is C24H23BrN2O6. The Bertz CT molecular complexity index is 1140. The summed E-state index contributed by atoms with van der Waals surface area (Å²) >= 11 is 3.62. The van der Waals surface area contributed by atoms with E-state index in [0.29, 0.717) is 28.4 Å². The fourth-order valence-corrected chi connectivity index (χ4v) is 6.44. The van der Waals surface area contributed by atoms with E-state index >= 15 is 0 Å². The molecule has 3 fully saturated rings. The molecule has 0 aromatic heterocycles. The lowest BCUT2D eigenvalue weighted by atomic mass is 9.79. The van der Waals surface area contributed by atoms with E-state index in [0.717, 1.165) is 6.42 Å². The summed E-state index contributed by atoms with van der Waals surface area (Å²) in [6, 6.07) is 11.8.